The summed E-state index contributed by atoms with van der Waals surface area (Å²) < 4.78 is 0. The fraction of sp³-hybridized carbons (Fsp3) is 0.467. The van der Waals surface area contributed by atoms with Gasteiger partial charge in [-0.25, -0.2) is 0 Å². The van der Waals surface area contributed by atoms with Gasteiger partial charge in [0.25, 0.3) is 0 Å². The Labute approximate surface area is 99.3 Å². The van der Waals surface area contributed by atoms with E-state index in [4.69, 9.17) is 6.42 Å². The molecule has 0 amide bonds. The van der Waals surface area contributed by atoms with Crippen molar-refractivity contribution in [3.8, 4) is 12.3 Å². The first-order chi connectivity index (χ1) is 7.83. The van der Waals surface area contributed by atoms with Crippen molar-refractivity contribution in [1.29, 1.82) is 0 Å². The van der Waals surface area contributed by atoms with Gasteiger partial charge in [-0.3, -0.25) is 0 Å². The van der Waals surface area contributed by atoms with Crippen LogP contribution in [0.25, 0.3) is 0 Å². The number of benzene rings is 1. The number of terminal acetylenes is 1. The van der Waals surface area contributed by atoms with Crippen molar-refractivity contribution in [3.63, 3.8) is 0 Å². The Bertz CT molecular complexity index is 323. The molecule has 0 spiro atoms. The third kappa shape index (κ3) is 3.40. The first-order valence-corrected chi connectivity index (χ1v) is 6.07. The molecule has 0 heterocycles. The zero-order valence-electron chi connectivity index (χ0n) is 10.2. The maximum Gasteiger partial charge on any atom is 0.0756 e. The van der Waals surface area contributed by atoms with Gasteiger partial charge in [-0.05, 0) is 24.9 Å². The molecule has 0 aromatic heterocycles. The lowest BCUT2D eigenvalue weighted by atomic mass is 9.89. The first kappa shape index (κ1) is 12.8. The van der Waals surface area contributed by atoms with Gasteiger partial charge in [-0.15, -0.1) is 6.42 Å². The van der Waals surface area contributed by atoms with Crippen LogP contribution in [0.5, 0.6) is 0 Å². The van der Waals surface area contributed by atoms with Gasteiger partial charge in [0.2, 0.25) is 0 Å². The third-order valence-corrected chi connectivity index (χ3v) is 2.86. The van der Waals surface area contributed by atoms with Crippen molar-refractivity contribution < 1.29 is 0 Å². The highest BCUT2D eigenvalue weighted by atomic mass is 14.9. The monoisotopic (exact) mass is 215 g/mol. The predicted molar refractivity (Wildman–Crippen MR) is 70.4 cm³/mol. The van der Waals surface area contributed by atoms with E-state index in [1.165, 1.54) is 5.56 Å². The van der Waals surface area contributed by atoms with Crippen molar-refractivity contribution >= 4 is 0 Å². The SMILES string of the molecule is C#CC(NCCC)C(CC)c1ccccc1. The number of hydrogen-bond acceptors (Lipinski definition) is 1. The number of nitrogens with one attached hydrogen (secondary N) is 1. The van der Waals surface area contributed by atoms with E-state index in [0.717, 1.165) is 19.4 Å². The smallest absolute Gasteiger partial charge is 0.0756 e. The van der Waals surface area contributed by atoms with Crippen molar-refractivity contribution in [1.82, 2.24) is 5.32 Å². The highest BCUT2D eigenvalue weighted by molar-refractivity contribution is 5.24. The molecule has 86 valence electrons. The first-order valence-electron chi connectivity index (χ1n) is 6.07. The van der Waals surface area contributed by atoms with Gasteiger partial charge in [-0.2, -0.15) is 0 Å². The average molecular weight is 215 g/mol. The standard InChI is InChI=1S/C15H21N/c1-4-12-16-15(6-3)14(5-2)13-10-8-7-9-11-13/h3,7-11,14-16H,4-5,12H2,1-2H3. The van der Waals surface area contributed by atoms with Crippen LogP contribution in [0, 0.1) is 12.3 Å². The summed E-state index contributed by atoms with van der Waals surface area (Å²) in [6, 6.07) is 10.7. The van der Waals surface area contributed by atoms with Gasteiger partial charge in [0, 0.05) is 5.92 Å². The second-order valence-electron chi connectivity index (χ2n) is 4.02. The number of hydrogen-bond donors (Lipinski definition) is 1. The van der Waals surface area contributed by atoms with Crippen LogP contribution in [0.4, 0.5) is 0 Å². The molecule has 0 aliphatic carbocycles. The van der Waals surface area contributed by atoms with E-state index in [-0.39, 0.29) is 6.04 Å². The topological polar surface area (TPSA) is 12.0 Å². The van der Waals surface area contributed by atoms with E-state index in [2.05, 4.69) is 49.4 Å². The molecular formula is C15H21N. The van der Waals surface area contributed by atoms with E-state index >= 15 is 0 Å². The largest absolute Gasteiger partial charge is 0.303 e. The van der Waals surface area contributed by atoms with E-state index in [0.29, 0.717) is 5.92 Å². The van der Waals surface area contributed by atoms with Crippen molar-refractivity contribution in [2.45, 2.75) is 38.6 Å². The fourth-order valence-corrected chi connectivity index (χ4v) is 1.98. The second-order valence-corrected chi connectivity index (χ2v) is 4.02. The minimum absolute atomic E-state index is 0.146. The summed E-state index contributed by atoms with van der Waals surface area (Å²) in [6.45, 7) is 5.33. The number of rotatable bonds is 6. The van der Waals surface area contributed by atoms with Gasteiger partial charge in [-0.1, -0.05) is 50.1 Å². The summed E-state index contributed by atoms with van der Waals surface area (Å²) in [7, 11) is 0. The molecule has 0 saturated carbocycles. The zero-order chi connectivity index (χ0) is 11.8. The van der Waals surface area contributed by atoms with Crippen LogP contribution in [0.2, 0.25) is 0 Å². The van der Waals surface area contributed by atoms with Crippen LogP contribution in [0.1, 0.15) is 38.2 Å². The van der Waals surface area contributed by atoms with Crippen molar-refractivity contribution in [2.75, 3.05) is 6.54 Å². The zero-order valence-corrected chi connectivity index (χ0v) is 10.2. The van der Waals surface area contributed by atoms with Gasteiger partial charge in [0.05, 0.1) is 6.04 Å². The summed E-state index contributed by atoms with van der Waals surface area (Å²) in [4.78, 5) is 0. The molecule has 0 saturated heterocycles. The summed E-state index contributed by atoms with van der Waals surface area (Å²) in [5, 5.41) is 3.43. The Kier molecular flexibility index (Phi) is 5.67. The van der Waals surface area contributed by atoms with Gasteiger partial charge in [0.15, 0.2) is 0 Å². The van der Waals surface area contributed by atoms with E-state index < -0.39 is 0 Å². The normalized spacial score (nSPS) is 14.1. The Morgan fingerprint density at radius 3 is 2.44 bits per heavy atom. The summed E-state index contributed by atoms with van der Waals surface area (Å²) >= 11 is 0. The van der Waals surface area contributed by atoms with Crippen LogP contribution >= 0.6 is 0 Å². The predicted octanol–water partition coefficient (Wildman–Crippen LogP) is 3.18. The molecule has 0 aliphatic rings. The average Bonchev–Trinajstić information content (AvgIpc) is 2.35. The minimum atomic E-state index is 0.146. The van der Waals surface area contributed by atoms with Crippen molar-refractivity contribution in [3.05, 3.63) is 35.9 Å². The van der Waals surface area contributed by atoms with Crippen LogP contribution in [0.15, 0.2) is 30.3 Å². The maximum absolute atomic E-state index is 5.61. The second kappa shape index (κ2) is 7.09. The van der Waals surface area contributed by atoms with Crippen LogP contribution in [-0.4, -0.2) is 12.6 Å². The molecule has 1 nitrogen and oxygen atoms in total. The summed E-state index contributed by atoms with van der Waals surface area (Å²) in [6.07, 6.45) is 7.79. The molecule has 2 unspecified atom stereocenters. The Morgan fingerprint density at radius 2 is 1.94 bits per heavy atom. The molecule has 0 aliphatic heterocycles. The van der Waals surface area contributed by atoms with Gasteiger partial charge >= 0.3 is 0 Å². The molecular weight excluding hydrogens is 194 g/mol. The maximum atomic E-state index is 5.61. The Morgan fingerprint density at radius 1 is 1.25 bits per heavy atom. The summed E-state index contributed by atoms with van der Waals surface area (Å²) in [5.41, 5.74) is 1.33. The Hall–Kier alpha value is -1.26. The molecule has 0 bridgehead atoms. The van der Waals surface area contributed by atoms with E-state index in [1.54, 1.807) is 0 Å². The lowest BCUT2D eigenvalue weighted by molar-refractivity contribution is 0.497. The van der Waals surface area contributed by atoms with Crippen molar-refractivity contribution in [2.24, 2.45) is 0 Å². The quantitative estimate of drug-likeness (QED) is 0.719. The van der Waals surface area contributed by atoms with Crippen LogP contribution in [0.3, 0.4) is 0 Å². The third-order valence-electron chi connectivity index (χ3n) is 2.86. The highest BCUT2D eigenvalue weighted by Gasteiger charge is 2.18. The minimum Gasteiger partial charge on any atom is -0.303 e. The van der Waals surface area contributed by atoms with E-state index in [9.17, 15) is 0 Å². The molecule has 16 heavy (non-hydrogen) atoms. The fourth-order valence-electron chi connectivity index (χ4n) is 1.98. The lowest BCUT2D eigenvalue weighted by Gasteiger charge is -2.23. The van der Waals surface area contributed by atoms with Gasteiger partial charge in [0.1, 0.15) is 0 Å². The molecule has 1 aromatic carbocycles. The molecule has 0 fully saturated rings. The molecule has 0 radical (unpaired) electrons. The van der Waals surface area contributed by atoms with E-state index in [1.807, 2.05) is 6.07 Å². The molecule has 2 atom stereocenters. The van der Waals surface area contributed by atoms with Crippen LogP contribution < -0.4 is 5.32 Å². The molecule has 1 N–H and O–H groups in total. The highest BCUT2D eigenvalue weighted by Crippen LogP contribution is 2.22. The summed E-state index contributed by atoms with van der Waals surface area (Å²) in [5.74, 6) is 3.29. The Balaban J connectivity index is 2.76. The van der Waals surface area contributed by atoms with Gasteiger partial charge < -0.3 is 5.32 Å². The molecule has 1 aromatic rings. The van der Waals surface area contributed by atoms with Crippen LogP contribution in [-0.2, 0) is 0 Å². The lowest BCUT2D eigenvalue weighted by Crippen LogP contribution is -2.34. The molecule has 1 rings (SSSR count). The molecule has 1 heteroatoms.